The van der Waals surface area contributed by atoms with Gasteiger partial charge in [-0.05, 0) is 19.3 Å². The van der Waals surface area contributed by atoms with Crippen molar-refractivity contribution in [1.82, 2.24) is 14.5 Å². The van der Waals surface area contributed by atoms with Crippen molar-refractivity contribution in [2.75, 3.05) is 25.4 Å². The number of anilines is 1. The van der Waals surface area contributed by atoms with Gasteiger partial charge >= 0.3 is 5.69 Å². The van der Waals surface area contributed by atoms with Crippen LogP contribution in [0.3, 0.4) is 0 Å². The lowest BCUT2D eigenvalue weighted by Gasteiger charge is -2.28. The summed E-state index contributed by atoms with van der Waals surface area (Å²) in [5, 5.41) is 9.47. The van der Waals surface area contributed by atoms with Gasteiger partial charge in [0.1, 0.15) is 11.4 Å². The molecule has 0 aromatic carbocycles. The Bertz CT molecular complexity index is 656. The third kappa shape index (κ3) is 3.45. The van der Waals surface area contributed by atoms with Gasteiger partial charge in [-0.1, -0.05) is 6.92 Å². The molecule has 0 spiro atoms. The zero-order valence-electron chi connectivity index (χ0n) is 12.7. The highest BCUT2D eigenvalue weighted by atomic mass is 16.3. The van der Waals surface area contributed by atoms with Crippen LogP contribution in [0.4, 0.5) is 5.82 Å². The molecule has 0 amide bonds. The number of hydrogen-bond donors (Lipinski definition) is 3. The molecule has 4 N–H and O–H groups in total. The Hall–Kier alpha value is -1.93. The zero-order chi connectivity index (χ0) is 16.3. The molecule has 1 aromatic rings. The van der Waals surface area contributed by atoms with Crippen molar-refractivity contribution in [1.29, 1.82) is 0 Å². The van der Waals surface area contributed by atoms with E-state index in [1.807, 2.05) is 11.8 Å². The SMILES string of the molecule is CCCn1c(N)c(C(=O)CN2CCC(O)CC2)c(=O)[nH]c1=O. The number of nitrogens with one attached hydrogen (secondary N) is 1. The first-order chi connectivity index (χ1) is 10.4. The lowest BCUT2D eigenvalue weighted by Crippen LogP contribution is -2.42. The molecule has 0 radical (unpaired) electrons. The normalized spacial score (nSPS) is 16.8. The molecule has 2 heterocycles. The topological polar surface area (TPSA) is 121 Å². The minimum atomic E-state index is -0.739. The van der Waals surface area contributed by atoms with Crippen molar-refractivity contribution in [2.45, 2.75) is 38.8 Å². The molecule has 0 bridgehead atoms. The van der Waals surface area contributed by atoms with Crippen molar-refractivity contribution in [3.63, 3.8) is 0 Å². The second-order valence-corrected chi connectivity index (χ2v) is 5.60. The summed E-state index contributed by atoms with van der Waals surface area (Å²) in [7, 11) is 0. The average molecular weight is 310 g/mol. The molecule has 8 nitrogen and oxygen atoms in total. The Balaban J connectivity index is 2.24. The molecule has 2 rings (SSSR count). The molecule has 122 valence electrons. The van der Waals surface area contributed by atoms with Gasteiger partial charge in [0, 0.05) is 19.6 Å². The van der Waals surface area contributed by atoms with Gasteiger partial charge in [-0.25, -0.2) is 4.79 Å². The Morgan fingerprint density at radius 2 is 2.00 bits per heavy atom. The number of aromatic nitrogens is 2. The molecule has 1 saturated heterocycles. The number of piperidine rings is 1. The average Bonchev–Trinajstić information content (AvgIpc) is 2.45. The van der Waals surface area contributed by atoms with Crippen LogP contribution in [0.15, 0.2) is 9.59 Å². The van der Waals surface area contributed by atoms with Gasteiger partial charge in [0.15, 0.2) is 5.78 Å². The molecule has 0 saturated carbocycles. The van der Waals surface area contributed by atoms with Crippen LogP contribution in [-0.4, -0.2) is 51.1 Å². The number of ketones is 1. The summed E-state index contributed by atoms with van der Waals surface area (Å²) in [6.07, 6.45) is 1.54. The summed E-state index contributed by atoms with van der Waals surface area (Å²) >= 11 is 0. The Labute approximate surface area is 127 Å². The van der Waals surface area contributed by atoms with Crippen molar-refractivity contribution >= 4 is 11.6 Å². The van der Waals surface area contributed by atoms with Crippen LogP contribution in [0.2, 0.25) is 0 Å². The summed E-state index contributed by atoms with van der Waals surface area (Å²) in [4.78, 5) is 40.1. The van der Waals surface area contributed by atoms with E-state index in [2.05, 4.69) is 4.98 Å². The summed E-state index contributed by atoms with van der Waals surface area (Å²) < 4.78 is 1.22. The number of nitrogens with two attached hydrogens (primary N) is 1. The second kappa shape index (κ2) is 6.89. The minimum Gasteiger partial charge on any atom is -0.393 e. The third-order valence-corrected chi connectivity index (χ3v) is 3.89. The van der Waals surface area contributed by atoms with E-state index in [1.54, 1.807) is 0 Å². The van der Waals surface area contributed by atoms with Crippen molar-refractivity contribution in [2.24, 2.45) is 0 Å². The largest absolute Gasteiger partial charge is 0.393 e. The van der Waals surface area contributed by atoms with Crippen LogP contribution in [0.1, 0.15) is 36.5 Å². The molecular formula is C14H22N4O4. The van der Waals surface area contributed by atoms with Gasteiger partial charge in [-0.2, -0.15) is 0 Å². The van der Waals surface area contributed by atoms with E-state index in [0.29, 0.717) is 38.9 Å². The van der Waals surface area contributed by atoms with Crippen molar-refractivity contribution in [3.8, 4) is 0 Å². The van der Waals surface area contributed by atoms with Gasteiger partial charge in [0.2, 0.25) is 0 Å². The van der Waals surface area contributed by atoms with Gasteiger partial charge < -0.3 is 10.8 Å². The van der Waals surface area contributed by atoms with E-state index in [4.69, 9.17) is 5.73 Å². The first kappa shape index (κ1) is 16.4. The lowest BCUT2D eigenvalue weighted by molar-refractivity contribution is 0.0710. The second-order valence-electron chi connectivity index (χ2n) is 5.60. The summed E-state index contributed by atoms with van der Waals surface area (Å²) in [6, 6.07) is 0. The molecule has 1 fully saturated rings. The fourth-order valence-corrected chi connectivity index (χ4v) is 2.66. The summed E-state index contributed by atoms with van der Waals surface area (Å²) in [5.41, 5.74) is 4.37. The molecule has 8 heteroatoms. The van der Waals surface area contributed by atoms with Crippen LogP contribution in [0, 0.1) is 0 Å². The maximum absolute atomic E-state index is 12.4. The van der Waals surface area contributed by atoms with Gasteiger partial charge in [-0.15, -0.1) is 0 Å². The number of carbonyl (C=O) groups excluding carboxylic acids is 1. The van der Waals surface area contributed by atoms with E-state index in [0.717, 1.165) is 0 Å². The van der Waals surface area contributed by atoms with E-state index in [-0.39, 0.29) is 24.0 Å². The van der Waals surface area contributed by atoms with E-state index in [1.165, 1.54) is 4.57 Å². The van der Waals surface area contributed by atoms with Crippen LogP contribution < -0.4 is 17.0 Å². The fourth-order valence-electron chi connectivity index (χ4n) is 2.66. The number of nitrogens with zero attached hydrogens (tertiary/aromatic N) is 2. The molecule has 1 aromatic heterocycles. The van der Waals surface area contributed by atoms with Gasteiger partial charge in [0.05, 0.1) is 12.6 Å². The Morgan fingerprint density at radius 1 is 1.36 bits per heavy atom. The Kier molecular flexibility index (Phi) is 5.15. The van der Waals surface area contributed by atoms with Crippen molar-refractivity contribution in [3.05, 3.63) is 26.4 Å². The van der Waals surface area contributed by atoms with Crippen LogP contribution >= 0.6 is 0 Å². The number of H-pyrrole nitrogens is 1. The fraction of sp³-hybridized carbons (Fsp3) is 0.643. The highest BCUT2D eigenvalue weighted by molar-refractivity contribution is 6.01. The van der Waals surface area contributed by atoms with E-state index < -0.39 is 17.0 Å². The third-order valence-electron chi connectivity index (χ3n) is 3.89. The molecule has 0 unspecified atom stereocenters. The minimum absolute atomic E-state index is 0.0599. The number of hydrogen-bond acceptors (Lipinski definition) is 6. The molecule has 1 aliphatic rings. The molecule has 1 aliphatic heterocycles. The predicted molar refractivity (Wildman–Crippen MR) is 82.0 cm³/mol. The number of Topliss-reactive ketones (excluding diaryl/α,β-unsaturated/α-hetero) is 1. The monoisotopic (exact) mass is 310 g/mol. The highest BCUT2D eigenvalue weighted by Gasteiger charge is 2.24. The molecule has 22 heavy (non-hydrogen) atoms. The van der Waals surface area contributed by atoms with Crippen LogP contribution in [0.25, 0.3) is 0 Å². The number of nitrogen functional groups attached to an aromatic ring is 1. The van der Waals surface area contributed by atoms with Crippen molar-refractivity contribution < 1.29 is 9.90 Å². The highest BCUT2D eigenvalue weighted by Crippen LogP contribution is 2.12. The number of likely N-dealkylation sites (tertiary alicyclic amines) is 1. The van der Waals surface area contributed by atoms with Gasteiger partial charge in [0.25, 0.3) is 5.56 Å². The van der Waals surface area contributed by atoms with Crippen LogP contribution in [-0.2, 0) is 6.54 Å². The maximum atomic E-state index is 12.4. The number of aliphatic hydroxyl groups excluding tert-OH is 1. The number of aliphatic hydroxyl groups is 1. The predicted octanol–water partition coefficient (Wildman–Crippen LogP) is -0.832. The molecular weight excluding hydrogens is 288 g/mol. The standard InChI is InChI=1S/C14H22N4O4/c1-2-5-18-12(15)11(13(21)16-14(18)22)10(20)8-17-6-3-9(19)4-7-17/h9,19H,2-8,15H2,1H3,(H,16,21,22). The smallest absolute Gasteiger partial charge is 0.329 e. The molecule has 0 aliphatic carbocycles. The first-order valence-electron chi connectivity index (χ1n) is 7.50. The first-order valence-corrected chi connectivity index (χ1v) is 7.50. The van der Waals surface area contributed by atoms with Gasteiger partial charge in [-0.3, -0.25) is 24.0 Å². The van der Waals surface area contributed by atoms with E-state index >= 15 is 0 Å². The maximum Gasteiger partial charge on any atom is 0.329 e. The van der Waals surface area contributed by atoms with Crippen LogP contribution in [0.5, 0.6) is 0 Å². The molecule has 0 atom stereocenters. The number of rotatable bonds is 5. The zero-order valence-corrected chi connectivity index (χ0v) is 12.7. The Morgan fingerprint density at radius 3 is 2.59 bits per heavy atom. The number of aromatic amines is 1. The van der Waals surface area contributed by atoms with E-state index in [9.17, 15) is 19.5 Å². The quantitative estimate of drug-likeness (QED) is 0.610. The summed E-state index contributed by atoms with van der Waals surface area (Å²) in [6.45, 7) is 3.47. The number of carbonyl (C=O) groups is 1. The summed E-state index contributed by atoms with van der Waals surface area (Å²) in [5.74, 6) is -0.474. The lowest BCUT2D eigenvalue weighted by atomic mass is 10.1.